The number of phenolic OH excluding ortho intramolecular Hbond substituents is 1. The number of nitrogens with zero attached hydrogens (tertiary/aromatic N) is 3. The predicted octanol–water partition coefficient (Wildman–Crippen LogP) is 3.08. The third-order valence-corrected chi connectivity index (χ3v) is 7.30. The quantitative estimate of drug-likeness (QED) is 0.557. The summed E-state index contributed by atoms with van der Waals surface area (Å²) in [5.41, 5.74) is 3.98. The first-order valence-corrected chi connectivity index (χ1v) is 12.0. The highest BCUT2D eigenvalue weighted by Crippen LogP contribution is 2.43. The van der Waals surface area contributed by atoms with Crippen LogP contribution in [0.4, 0.5) is 0 Å². The first kappa shape index (κ1) is 22.2. The number of aromatic amines is 1. The van der Waals surface area contributed by atoms with Crippen molar-refractivity contribution in [2.24, 2.45) is 0 Å². The third kappa shape index (κ3) is 3.89. The van der Waals surface area contributed by atoms with Gasteiger partial charge in [-0.15, -0.1) is 10.2 Å². The Kier molecular flexibility index (Phi) is 5.75. The predicted molar refractivity (Wildman–Crippen MR) is 128 cm³/mol. The third-order valence-electron chi connectivity index (χ3n) is 7.30. The van der Waals surface area contributed by atoms with Crippen LogP contribution in [0.2, 0.25) is 0 Å². The van der Waals surface area contributed by atoms with Crippen LogP contribution >= 0.6 is 0 Å². The zero-order valence-electron chi connectivity index (χ0n) is 19.4. The molecule has 0 spiro atoms. The minimum absolute atomic E-state index is 0.0105. The molecule has 3 fully saturated rings. The number of morpholine rings is 1. The molecule has 3 aliphatic heterocycles. The van der Waals surface area contributed by atoms with Crippen molar-refractivity contribution in [2.45, 2.75) is 36.9 Å². The molecule has 2 bridgehead atoms. The van der Waals surface area contributed by atoms with E-state index in [1.807, 2.05) is 23.1 Å². The van der Waals surface area contributed by atoms with E-state index in [-0.39, 0.29) is 35.8 Å². The van der Waals surface area contributed by atoms with Crippen LogP contribution in [0, 0.1) is 0 Å². The first-order valence-electron chi connectivity index (χ1n) is 12.0. The lowest BCUT2D eigenvalue weighted by Gasteiger charge is -2.48. The van der Waals surface area contributed by atoms with Gasteiger partial charge in [-0.3, -0.25) is 4.79 Å². The highest BCUT2D eigenvalue weighted by Gasteiger charge is 2.43. The number of nitrogens with one attached hydrogen (secondary N) is 1. The van der Waals surface area contributed by atoms with Gasteiger partial charge >= 0.3 is 0 Å². The molecule has 0 aliphatic carbocycles. The zero-order valence-corrected chi connectivity index (χ0v) is 19.4. The number of carbonyl (C=O) groups excluding carboxylic acids is 1. The Bertz CT molecular complexity index is 1250. The highest BCUT2D eigenvalue weighted by molar-refractivity contribution is 5.88. The minimum Gasteiger partial charge on any atom is -0.507 e. The minimum atomic E-state index is -0.238. The van der Waals surface area contributed by atoms with Crippen LogP contribution in [-0.4, -0.2) is 76.2 Å². The van der Waals surface area contributed by atoms with Gasteiger partial charge in [0.1, 0.15) is 11.9 Å². The van der Waals surface area contributed by atoms with Crippen molar-refractivity contribution in [1.82, 2.24) is 20.1 Å². The molecule has 0 saturated carbocycles. The van der Waals surface area contributed by atoms with Gasteiger partial charge < -0.3 is 29.2 Å². The highest BCUT2D eigenvalue weighted by atomic mass is 16.6. The summed E-state index contributed by atoms with van der Waals surface area (Å²) in [5, 5.41) is 20.2. The molecule has 1 amide bonds. The standard InChI is InChI=1S/C26H28N4O5/c1-2-23(32)30-16-9-15(10-17(30)13-34-12-16)25-24(22-14-33-7-8-35-22)19-11-20(28-29-26(19)27-25)18-5-3-4-6-21(18)31/h2-6,11,15-17,22,31H,1,7-10,12-14H2,(H,27,29). The molecule has 9 heteroatoms. The van der Waals surface area contributed by atoms with Crippen LogP contribution in [0.1, 0.15) is 36.1 Å². The van der Waals surface area contributed by atoms with Crippen molar-refractivity contribution < 1.29 is 24.1 Å². The number of amides is 1. The SMILES string of the molecule is C=CC(=O)N1C2COCC1CC(c1[nH]c3nnc(-c4ccccc4O)cc3c1C1COCCO1)C2. The van der Waals surface area contributed by atoms with Gasteiger partial charge in [-0.1, -0.05) is 18.7 Å². The molecule has 1 aromatic carbocycles. The van der Waals surface area contributed by atoms with Gasteiger partial charge in [-0.2, -0.15) is 0 Å². The molecule has 2 aromatic heterocycles. The summed E-state index contributed by atoms with van der Waals surface area (Å²) in [4.78, 5) is 18.0. The van der Waals surface area contributed by atoms with Crippen LogP contribution < -0.4 is 0 Å². The number of piperidine rings is 1. The maximum absolute atomic E-state index is 12.5. The van der Waals surface area contributed by atoms with Crippen LogP contribution in [-0.2, 0) is 19.0 Å². The van der Waals surface area contributed by atoms with E-state index in [1.165, 1.54) is 6.08 Å². The fourth-order valence-electron chi connectivity index (χ4n) is 5.79. The molecule has 3 aromatic rings. The number of fused-ring (bicyclic) bond motifs is 3. The first-order chi connectivity index (χ1) is 17.1. The van der Waals surface area contributed by atoms with Crippen molar-refractivity contribution in [2.75, 3.05) is 33.0 Å². The molecule has 6 rings (SSSR count). The van der Waals surface area contributed by atoms with E-state index in [2.05, 4.69) is 21.8 Å². The molecule has 9 nitrogen and oxygen atoms in total. The van der Waals surface area contributed by atoms with Crippen molar-refractivity contribution in [1.29, 1.82) is 0 Å². The van der Waals surface area contributed by atoms with Crippen LogP contribution in [0.5, 0.6) is 5.75 Å². The van der Waals surface area contributed by atoms with Crippen LogP contribution in [0.25, 0.3) is 22.3 Å². The van der Waals surface area contributed by atoms with Gasteiger partial charge in [-0.05, 0) is 37.1 Å². The Morgan fingerprint density at radius 3 is 2.63 bits per heavy atom. The molecule has 3 unspecified atom stereocenters. The number of H-pyrrole nitrogens is 1. The van der Waals surface area contributed by atoms with E-state index in [1.54, 1.807) is 12.1 Å². The second-order valence-corrected chi connectivity index (χ2v) is 9.36. The Hall–Kier alpha value is -3.27. The van der Waals surface area contributed by atoms with Crippen LogP contribution in [0.15, 0.2) is 43.0 Å². The number of phenols is 1. The topological polar surface area (TPSA) is 110 Å². The van der Waals surface area contributed by atoms with Gasteiger partial charge in [-0.25, -0.2) is 0 Å². The number of rotatable bonds is 4. The average molecular weight is 477 g/mol. The monoisotopic (exact) mass is 476 g/mol. The van der Waals surface area contributed by atoms with Crippen molar-refractivity contribution in [3.8, 4) is 17.0 Å². The molecular weight excluding hydrogens is 448 g/mol. The number of benzene rings is 1. The van der Waals surface area contributed by atoms with E-state index >= 15 is 0 Å². The van der Waals surface area contributed by atoms with Crippen molar-refractivity contribution >= 4 is 16.9 Å². The molecule has 182 valence electrons. The normalized spacial score (nSPS) is 26.6. The number of aromatic hydroxyl groups is 1. The number of aromatic nitrogens is 3. The molecule has 3 atom stereocenters. The number of hydrogen-bond donors (Lipinski definition) is 2. The molecule has 5 heterocycles. The zero-order chi connectivity index (χ0) is 23.9. The van der Waals surface area contributed by atoms with Gasteiger partial charge in [0.2, 0.25) is 5.91 Å². The molecule has 0 radical (unpaired) electrons. The number of para-hydroxylation sites is 1. The molecule has 2 N–H and O–H groups in total. The van der Waals surface area contributed by atoms with E-state index < -0.39 is 0 Å². The van der Waals surface area contributed by atoms with Crippen molar-refractivity contribution in [3.63, 3.8) is 0 Å². The molecule has 35 heavy (non-hydrogen) atoms. The molecule has 3 saturated heterocycles. The van der Waals surface area contributed by atoms with Crippen LogP contribution in [0.3, 0.4) is 0 Å². The lowest BCUT2D eigenvalue weighted by molar-refractivity contribution is -0.146. The average Bonchev–Trinajstić information content (AvgIpc) is 3.27. The Labute approximate surface area is 202 Å². The van der Waals surface area contributed by atoms with Gasteiger partial charge in [0, 0.05) is 28.1 Å². The maximum Gasteiger partial charge on any atom is 0.246 e. The molecule has 3 aliphatic rings. The fraction of sp³-hybridized carbons (Fsp3) is 0.423. The second-order valence-electron chi connectivity index (χ2n) is 9.36. The smallest absolute Gasteiger partial charge is 0.246 e. The Morgan fingerprint density at radius 1 is 1.11 bits per heavy atom. The lowest BCUT2D eigenvalue weighted by Crippen LogP contribution is -2.58. The van der Waals surface area contributed by atoms with Gasteiger partial charge in [0.15, 0.2) is 5.65 Å². The van der Waals surface area contributed by atoms with Crippen molar-refractivity contribution in [3.05, 3.63) is 54.2 Å². The Morgan fingerprint density at radius 2 is 1.91 bits per heavy atom. The van der Waals surface area contributed by atoms with E-state index in [9.17, 15) is 9.90 Å². The molecular formula is C26H28N4O5. The van der Waals surface area contributed by atoms with E-state index in [0.717, 1.165) is 29.5 Å². The van der Waals surface area contributed by atoms with E-state index in [0.29, 0.717) is 49.9 Å². The number of ether oxygens (including phenoxy) is 3. The summed E-state index contributed by atoms with van der Waals surface area (Å²) in [5.74, 6) is 0.287. The summed E-state index contributed by atoms with van der Waals surface area (Å²) in [6.07, 6.45) is 2.69. The maximum atomic E-state index is 12.5. The summed E-state index contributed by atoms with van der Waals surface area (Å²) >= 11 is 0. The summed E-state index contributed by atoms with van der Waals surface area (Å²) in [7, 11) is 0. The van der Waals surface area contributed by atoms with Gasteiger partial charge in [0.05, 0.1) is 50.8 Å². The summed E-state index contributed by atoms with van der Waals surface area (Å²) < 4.78 is 17.7. The summed E-state index contributed by atoms with van der Waals surface area (Å²) in [6.45, 7) is 6.26. The lowest BCUT2D eigenvalue weighted by atomic mass is 9.81. The van der Waals surface area contributed by atoms with Gasteiger partial charge in [0.25, 0.3) is 0 Å². The largest absolute Gasteiger partial charge is 0.507 e. The fourth-order valence-corrected chi connectivity index (χ4v) is 5.79. The number of carbonyl (C=O) groups is 1. The summed E-state index contributed by atoms with van der Waals surface area (Å²) in [6, 6.07) is 9.05. The van der Waals surface area contributed by atoms with E-state index in [4.69, 9.17) is 14.2 Å². The number of hydrogen-bond acceptors (Lipinski definition) is 7. The second kappa shape index (κ2) is 9.07. The Balaban J connectivity index is 1.44.